The Morgan fingerprint density at radius 2 is 2.00 bits per heavy atom. The van der Waals surface area contributed by atoms with Crippen molar-refractivity contribution >= 4 is 5.97 Å². The van der Waals surface area contributed by atoms with Crippen LogP contribution in [0.2, 0.25) is 0 Å². The first-order valence-electron chi connectivity index (χ1n) is 6.06. The molecule has 3 nitrogen and oxygen atoms in total. The number of rotatable bonds is 7. The predicted octanol–water partition coefficient (Wildman–Crippen LogP) is 3.19. The van der Waals surface area contributed by atoms with Crippen molar-refractivity contribution in [2.75, 3.05) is 13.2 Å². The van der Waals surface area contributed by atoms with Gasteiger partial charge in [0.1, 0.15) is 6.61 Å². The van der Waals surface area contributed by atoms with E-state index in [1.165, 1.54) is 12.5 Å². The van der Waals surface area contributed by atoms with Gasteiger partial charge in [0.2, 0.25) is 0 Å². The van der Waals surface area contributed by atoms with Crippen LogP contribution >= 0.6 is 0 Å². The Labute approximate surface area is 108 Å². The second-order valence-electron chi connectivity index (χ2n) is 4.13. The van der Waals surface area contributed by atoms with Crippen molar-refractivity contribution in [3.8, 4) is 0 Å². The summed E-state index contributed by atoms with van der Waals surface area (Å²) < 4.78 is 10.5. The summed E-state index contributed by atoms with van der Waals surface area (Å²) >= 11 is 0. The zero-order valence-corrected chi connectivity index (χ0v) is 11.0. The number of carbonyl (C=O) groups excluding carboxylic acids is 1. The number of carbonyl (C=O) groups is 1. The highest BCUT2D eigenvalue weighted by atomic mass is 16.6. The van der Waals surface area contributed by atoms with Crippen molar-refractivity contribution < 1.29 is 14.3 Å². The molecule has 0 aliphatic heterocycles. The highest BCUT2D eigenvalue weighted by molar-refractivity contribution is 5.65. The van der Waals surface area contributed by atoms with E-state index in [4.69, 9.17) is 9.47 Å². The summed E-state index contributed by atoms with van der Waals surface area (Å²) in [6, 6.07) is 8.21. The van der Waals surface area contributed by atoms with Gasteiger partial charge < -0.3 is 9.47 Å². The number of hydrogen-bond donors (Lipinski definition) is 0. The van der Waals surface area contributed by atoms with Crippen molar-refractivity contribution in [3.63, 3.8) is 0 Å². The van der Waals surface area contributed by atoms with Crippen molar-refractivity contribution in [3.05, 3.63) is 48.0 Å². The monoisotopic (exact) mass is 248 g/mol. The molecule has 1 rings (SSSR count). The predicted molar refractivity (Wildman–Crippen MR) is 71.3 cm³/mol. The molecular weight excluding hydrogens is 228 g/mol. The zero-order chi connectivity index (χ0) is 13.4. The van der Waals surface area contributed by atoms with Crippen molar-refractivity contribution in [1.82, 2.24) is 0 Å². The SMILES string of the molecule is C=CCC(OCCOC(C)=O)c1ccc(C)cc1. The van der Waals surface area contributed by atoms with Gasteiger partial charge in [0, 0.05) is 6.92 Å². The third-order valence-electron chi connectivity index (χ3n) is 2.54. The van der Waals surface area contributed by atoms with Gasteiger partial charge in [0.05, 0.1) is 12.7 Å². The Kier molecular flexibility index (Phi) is 6.15. The Morgan fingerprint density at radius 1 is 1.33 bits per heavy atom. The minimum Gasteiger partial charge on any atom is -0.463 e. The Morgan fingerprint density at radius 3 is 2.56 bits per heavy atom. The lowest BCUT2D eigenvalue weighted by Crippen LogP contribution is -2.11. The molecule has 18 heavy (non-hydrogen) atoms. The van der Waals surface area contributed by atoms with Gasteiger partial charge in [-0.15, -0.1) is 6.58 Å². The first kappa shape index (κ1) is 14.5. The summed E-state index contributed by atoms with van der Waals surface area (Å²) in [4.78, 5) is 10.6. The molecule has 1 aromatic carbocycles. The van der Waals surface area contributed by atoms with E-state index in [2.05, 4.69) is 30.8 Å². The molecule has 0 aliphatic rings. The smallest absolute Gasteiger partial charge is 0.302 e. The highest BCUT2D eigenvalue weighted by Gasteiger charge is 2.10. The lowest BCUT2D eigenvalue weighted by atomic mass is 10.0. The minimum absolute atomic E-state index is 0.0290. The number of benzene rings is 1. The largest absolute Gasteiger partial charge is 0.463 e. The van der Waals surface area contributed by atoms with Gasteiger partial charge in [-0.1, -0.05) is 35.9 Å². The summed E-state index contributed by atoms with van der Waals surface area (Å²) in [6.07, 6.45) is 2.54. The molecule has 0 aliphatic carbocycles. The Bertz CT molecular complexity index is 381. The minimum atomic E-state index is -0.283. The molecule has 0 saturated carbocycles. The van der Waals surface area contributed by atoms with E-state index in [1.807, 2.05) is 13.0 Å². The van der Waals surface area contributed by atoms with Crippen LogP contribution < -0.4 is 0 Å². The average molecular weight is 248 g/mol. The summed E-state index contributed by atoms with van der Waals surface area (Å²) in [5, 5.41) is 0. The molecule has 98 valence electrons. The fourth-order valence-corrected chi connectivity index (χ4v) is 1.61. The maximum Gasteiger partial charge on any atom is 0.302 e. The average Bonchev–Trinajstić information content (AvgIpc) is 2.34. The Balaban J connectivity index is 2.51. The standard InChI is InChI=1S/C15H20O3/c1-4-5-15(18-11-10-17-13(3)16)14-8-6-12(2)7-9-14/h4,6-9,15H,1,5,10-11H2,2-3H3. The van der Waals surface area contributed by atoms with E-state index >= 15 is 0 Å². The summed E-state index contributed by atoms with van der Waals surface area (Å²) in [7, 11) is 0. The fourth-order valence-electron chi connectivity index (χ4n) is 1.61. The maximum absolute atomic E-state index is 10.6. The van der Waals surface area contributed by atoms with Crippen molar-refractivity contribution in [1.29, 1.82) is 0 Å². The van der Waals surface area contributed by atoms with Gasteiger partial charge in [0.15, 0.2) is 0 Å². The normalized spacial score (nSPS) is 11.9. The van der Waals surface area contributed by atoms with E-state index in [0.29, 0.717) is 6.61 Å². The van der Waals surface area contributed by atoms with Crippen molar-refractivity contribution in [2.45, 2.75) is 26.4 Å². The van der Waals surface area contributed by atoms with E-state index in [1.54, 1.807) is 0 Å². The third kappa shape index (κ3) is 5.15. The molecule has 0 fully saturated rings. The van der Waals surface area contributed by atoms with Crippen LogP contribution in [0.15, 0.2) is 36.9 Å². The molecule has 0 radical (unpaired) electrons. The van der Waals surface area contributed by atoms with E-state index in [-0.39, 0.29) is 18.7 Å². The van der Waals surface area contributed by atoms with Crippen LogP contribution in [0.1, 0.15) is 30.6 Å². The van der Waals surface area contributed by atoms with Gasteiger partial charge in [-0.2, -0.15) is 0 Å². The molecular formula is C15H20O3. The first-order valence-corrected chi connectivity index (χ1v) is 6.06. The van der Waals surface area contributed by atoms with E-state index in [9.17, 15) is 4.79 Å². The van der Waals surface area contributed by atoms with Crippen LogP contribution in [-0.4, -0.2) is 19.2 Å². The summed E-state index contributed by atoms with van der Waals surface area (Å²) in [5.74, 6) is -0.283. The molecule has 0 spiro atoms. The second-order valence-corrected chi connectivity index (χ2v) is 4.13. The zero-order valence-electron chi connectivity index (χ0n) is 11.0. The molecule has 1 aromatic rings. The molecule has 0 saturated heterocycles. The molecule has 0 bridgehead atoms. The Hall–Kier alpha value is -1.61. The van der Waals surface area contributed by atoms with E-state index < -0.39 is 0 Å². The van der Waals surface area contributed by atoms with Crippen LogP contribution in [0.3, 0.4) is 0 Å². The van der Waals surface area contributed by atoms with E-state index in [0.717, 1.165) is 12.0 Å². The van der Waals surface area contributed by atoms with Crippen LogP contribution in [0.5, 0.6) is 0 Å². The molecule has 3 heteroatoms. The van der Waals surface area contributed by atoms with Crippen molar-refractivity contribution in [2.24, 2.45) is 0 Å². The van der Waals surface area contributed by atoms with Gasteiger partial charge in [-0.25, -0.2) is 0 Å². The van der Waals surface area contributed by atoms with Gasteiger partial charge in [0.25, 0.3) is 0 Å². The molecule has 0 aromatic heterocycles. The number of ether oxygens (including phenoxy) is 2. The lowest BCUT2D eigenvalue weighted by Gasteiger charge is -2.17. The fraction of sp³-hybridized carbons (Fsp3) is 0.400. The topological polar surface area (TPSA) is 35.5 Å². The van der Waals surface area contributed by atoms with Crippen LogP contribution in [0, 0.1) is 6.92 Å². The number of hydrogen-bond acceptors (Lipinski definition) is 3. The van der Waals surface area contributed by atoms with Crippen LogP contribution in [0.25, 0.3) is 0 Å². The highest BCUT2D eigenvalue weighted by Crippen LogP contribution is 2.21. The molecule has 0 N–H and O–H groups in total. The molecule has 0 heterocycles. The first-order chi connectivity index (χ1) is 8.63. The second kappa shape index (κ2) is 7.67. The van der Waals surface area contributed by atoms with Crippen LogP contribution in [-0.2, 0) is 14.3 Å². The molecule has 1 atom stereocenters. The molecule has 1 unspecified atom stereocenters. The maximum atomic E-state index is 10.6. The summed E-state index contributed by atoms with van der Waals surface area (Å²) in [5.41, 5.74) is 2.33. The van der Waals surface area contributed by atoms with Crippen LogP contribution in [0.4, 0.5) is 0 Å². The number of esters is 1. The third-order valence-corrected chi connectivity index (χ3v) is 2.54. The molecule has 0 amide bonds. The quantitative estimate of drug-likeness (QED) is 0.422. The lowest BCUT2D eigenvalue weighted by molar-refractivity contribution is -0.143. The van der Waals surface area contributed by atoms with Gasteiger partial charge >= 0.3 is 5.97 Å². The van der Waals surface area contributed by atoms with Gasteiger partial charge in [-0.3, -0.25) is 4.79 Å². The number of aryl methyl sites for hydroxylation is 1. The van der Waals surface area contributed by atoms with Gasteiger partial charge in [-0.05, 0) is 18.9 Å². The summed E-state index contributed by atoms with van der Waals surface area (Å²) in [6.45, 7) is 7.86.